The third-order valence-corrected chi connectivity index (χ3v) is 3.49. The molecule has 0 saturated carbocycles. The maximum atomic E-state index is 6.07. The Labute approximate surface area is 111 Å². The lowest BCUT2D eigenvalue weighted by Gasteiger charge is -2.08. The third kappa shape index (κ3) is 1.58. The van der Waals surface area contributed by atoms with E-state index in [1.807, 2.05) is 37.0 Å². The number of nitrogens with zero attached hydrogens (tertiary/aromatic N) is 3. The SMILES string of the molecule is COc1ccc(-c2cnn(C)c2N)c2ccn(C)c12. The van der Waals surface area contributed by atoms with Crippen LogP contribution in [-0.2, 0) is 14.1 Å². The number of hydrogen-bond acceptors (Lipinski definition) is 3. The van der Waals surface area contributed by atoms with E-state index in [0.717, 1.165) is 27.8 Å². The van der Waals surface area contributed by atoms with Crippen LogP contribution in [0.25, 0.3) is 22.0 Å². The first kappa shape index (κ1) is 11.6. The highest BCUT2D eigenvalue weighted by molar-refractivity contribution is 6.00. The summed E-state index contributed by atoms with van der Waals surface area (Å²) in [6.45, 7) is 0. The first-order valence-electron chi connectivity index (χ1n) is 6.03. The van der Waals surface area contributed by atoms with Crippen LogP contribution in [0.15, 0.2) is 30.6 Å². The van der Waals surface area contributed by atoms with E-state index < -0.39 is 0 Å². The number of nitrogen functional groups attached to an aromatic ring is 1. The van der Waals surface area contributed by atoms with Crippen molar-refractivity contribution in [1.29, 1.82) is 0 Å². The van der Waals surface area contributed by atoms with Gasteiger partial charge in [0.15, 0.2) is 0 Å². The van der Waals surface area contributed by atoms with Crippen LogP contribution in [0, 0.1) is 0 Å². The maximum Gasteiger partial charge on any atom is 0.143 e. The Hall–Kier alpha value is -2.43. The Morgan fingerprint density at radius 1 is 1.16 bits per heavy atom. The molecular weight excluding hydrogens is 240 g/mol. The molecule has 19 heavy (non-hydrogen) atoms. The van der Waals surface area contributed by atoms with Gasteiger partial charge in [-0.15, -0.1) is 0 Å². The molecule has 0 saturated heterocycles. The molecule has 0 aliphatic carbocycles. The van der Waals surface area contributed by atoms with Gasteiger partial charge in [0.05, 0.1) is 18.8 Å². The van der Waals surface area contributed by atoms with Gasteiger partial charge in [0.1, 0.15) is 11.6 Å². The van der Waals surface area contributed by atoms with Gasteiger partial charge in [-0.05, 0) is 23.8 Å². The summed E-state index contributed by atoms with van der Waals surface area (Å²) in [6, 6.07) is 6.05. The van der Waals surface area contributed by atoms with E-state index in [0.29, 0.717) is 5.82 Å². The van der Waals surface area contributed by atoms with Gasteiger partial charge in [-0.1, -0.05) is 0 Å². The molecule has 3 rings (SSSR count). The number of aromatic nitrogens is 3. The number of hydrogen-bond donors (Lipinski definition) is 1. The van der Waals surface area contributed by atoms with E-state index in [4.69, 9.17) is 10.5 Å². The number of methoxy groups -OCH3 is 1. The smallest absolute Gasteiger partial charge is 0.143 e. The first-order chi connectivity index (χ1) is 9.13. The Bertz CT molecular complexity index is 754. The van der Waals surface area contributed by atoms with E-state index in [1.54, 1.807) is 18.0 Å². The fourth-order valence-electron chi connectivity index (χ4n) is 2.44. The molecule has 0 unspecified atom stereocenters. The fourth-order valence-corrected chi connectivity index (χ4v) is 2.44. The average molecular weight is 256 g/mol. The molecule has 0 fully saturated rings. The second-order valence-electron chi connectivity index (χ2n) is 4.57. The zero-order chi connectivity index (χ0) is 13.6. The summed E-state index contributed by atoms with van der Waals surface area (Å²) in [5, 5.41) is 5.31. The Kier molecular flexibility index (Phi) is 2.48. The monoisotopic (exact) mass is 256 g/mol. The topological polar surface area (TPSA) is 58.0 Å². The first-order valence-corrected chi connectivity index (χ1v) is 6.03. The molecule has 0 aliphatic heterocycles. The molecule has 5 heteroatoms. The fraction of sp³-hybridized carbons (Fsp3) is 0.214. The summed E-state index contributed by atoms with van der Waals surface area (Å²) >= 11 is 0. The van der Waals surface area contributed by atoms with Crippen LogP contribution < -0.4 is 10.5 Å². The highest BCUT2D eigenvalue weighted by Gasteiger charge is 2.14. The zero-order valence-electron chi connectivity index (χ0n) is 11.2. The Morgan fingerprint density at radius 3 is 2.58 bits per heavy atom. The average Bonchev–Trinajstić information content (AvgIpc) is 2.95. The Morgan fingerprint density at radius 2 is 1.95 bits per heavy atom. The van der Waals surface area contributed by atoms with Crippen molar-refractivity contribution in [2.45, 2.75) is 0 Å². The highest BCUT2D eigenvalue weighted by atomic mass is 16.5. The van der Waals surface area contributed by atoms with Crippen molar-refractivity contribution in [3.63, 3.8) is 0 Å². The third-order valence-electron chi connectivity index (χ3n) is 3.49. The number of nitrogens with two attached hydrogens (primary N) is 1. The maximum absolute atomic E-state index is 6.07. The van der Waals surface area contributed by atoms with Crippen LogP contribution >= 0.6 is 0 Å². The molecule has 98 valence electrons. The Balaban J connectivity index is 2.34. The van der Waals surface area contributed by atoms with Crippen LogP contribution in [0.5, 0.6) is 5.75 Å². The normalized spacial score (nSPS) is 11.1. The standard InChI is InChI=1S/C14H16N4O/c1-17-7-6-10-9(4-5-12(19-3)13(10)17)11-8-16-18(2)14(11)15/h4-8H,15H2,1-3H3. The van der Waals surface area contributed by atoms with Crippen molar-refractivity contribution in [3.05, 3.63) is 30.6 Å². The van der Waals surface area contributed by atoms with Crippen molar-refractivity contribution >= 4 is 16.7 Å². The number of anilines is 1. The number of aryl methyl sites for hydroxylation is 2. The lowest BCUT2D eigenvalue weighted by molar-refractivity contribution is 0.418. The highest BCUT2D eigenvalue weighted by Crippen LogP contribution is 2.36. The van der Waals surface area contributed by atoms with Crippen molar-refractivity contribution < 1.29 is 4.74 Å². The molecule has 0 amide bonds. The molecule has 2 aromatic heterocycles. The van der Waals surface area contributed by atoms with E-state index in [2.05, 4.69) is 11.2 Å². The minimum Gasteiger partial charge on any atom is -0.495 e. The summed E-state index contributed by atoms with van der Waals surface area (Å²) in [5.41, 5.74) is 9.14. The molecule has 0 bridgehead atoms. The lowest BCUT2D eigenvalue weighted by atomic mass is 10.0. The van der Waals surface area contributed by atoms with Gasteiger partial charge in [0, 0.05) is 31.2 Å². The van der Waals surface area contributed by atoms with Crippen LogP contribution in [0.4, 0.5) is 5.82 Å². The van der Waals surface area contributed by atoms with Gasteiger partial charge in [-0.3, -0.25) is 4.68 Å². The van der Waals surface area contributed by atoms with Crippen LogP contribution in [0.2, 0.25) is 0 Å². The second-order valence-corrected chi connectivity index (χ2v) is 4.57. The van der Waals surface area contributed by atoms with Gasteiger partial charge >= 0.3 is 0 Å². The van der Waals surface area contributed by atoms with E-state index in [-0.39, 0.29) is 0 Å². The van der Waals surface area contributed by atoms with Crippen LogP contribution in [-0.4, -0.2) is 21.5 Å². The summed E-state index contributed by atoms with van der Waals surface area (Å²) in [6.07, 6.45) is 3.81. The van der Waals surface area contributed by atoms with Crippen molar-refractivity contribution in [3.8, 4) is 16.9 Å². The van der Waals surface area contributed by atoms with E-state index in [9.17, 15) is 0 Å². The number of benzene rings is 1. The van der Waals surface area contributed by atoms with E-state index >= 15 is 0 Å². The molecule has 0 spiro atoms. The zero-order valence-corrected chi connectivity index (χ0v) is 11.2. The van der Waals surface area contributed by atoms with Gasteiger partial charge in [-0.2, -0.15) is 5.10 Å². The summed E-state index contributed by atoms with van der Waals surface area (Å²) in [4.78, 5) is 0. The molecule has 2 heterocycles. The van der Waals surface area contributed by atoms with E-state index in [1.165, 1.54) is 0 Å². The number of rotatable bonds is 2. The van der Waals surface area contributed by atoms with Gasteiger partial charge in [-0.25, -0.2) is 0 Å². The van der Waals surface area contributed by atoms with Crippen molar-refractivity contribution in [2.24, 2.45) is 14.1 Å². The molecule has 2 N–H and O–H groups in total. The largest absolute Gasteiger partial charge is 0.495 e. The molecule has 1 aromatic carbocycles. The molecule has 0 radical (unpaired) electrons. The number of fused-ring (bicyclic) bond motifs is 1. The predicted octanol–water partition coefficient (Wildman–Crippen LogP) is 2.17. The van der Waals surface area contributed by atoms with Gasteiger partial charge in [0.25, 0.3) is 0 Å². The summed E-state index contributed by atoms with van der Waals surface area (Å²) in [5.74, 6) is 1.52. The predicted molar refractivity (Wildman–Crippen MR) is 76.1 cm³/mol. The van der Waals surface area contributed by atoms with Crippen molar-refractivity contribution in [2.75, 3.05) is 12.8 Å². The molecule has 0 atom stereocenters. The quantitative estimate of drug-likeness (QED) is 0.764. The summed E-state index contributed by atoms with van der Waals surface area (Å²) in [7, 11) is 5.52. The minimum atomic E-state index is 0.662. The molecule has 0 aliphatic rings. The molecular formula is C14H16N4O. The van der Waals surface area contributed by atoms with Crippen molar-refractivity contribution in [1.82, 2.24) is 14.3 Å². The van der Waals surface area contributed by atoms with Crippen LogP contribution in [0.1, 0.15) is 0 Å². The van der Waals surface area contributed by atoms with Gasteiger partial charge < -0.3 is 15.0 Å². The second kappa shape index (κ2) is 4.05. The number of ether oxygens (including phenoxy) is 1. The van der Waals surface area contributed by atoms with Gasteiger partial charge in [0.2, 0.25) is 0 Å². The lowest BCUT2D eigenvalue weighted by Crippen LogP contribution is -1.98. The summed E-state index contributed by atoms with van der Waals surface area (Å²) < 4.78 is 9.14. The minimum absolute atomic E-state index is 0.662. The van der Waals surface area contributed by atoms with Crippen LogP contribution in [0.3, 0.4) is 0 Å². The molecule has 5 nitrogen and oxygen atoms in total. The molecule has 3 aromatic rings.